The van der Waals surface area contributed by atoms with E-state index in [1.165, 1.54) is 4.90 Å². The van der Waals surface area contributed by atoms with Gasteiger partial charge < -0.3 is 10.3 Å². The van der Waals surface area contributed by atoms with Gasteiger partial charge in [0.05, 0.1) is 0 Å². The summed E-state index contributed by atoms with van der Waals surface area (Å²) in [7, 11) is 0. The number of carbonyl (C=O) groups excluding carboxylic acids is 2. The molecule has 1 unspecified atom stereocenters. The Hall–Kier alpha value is -5.49. The lowest BCUT2D eigenvalue weighted by atomic mass is 9.69. The Morgan fingerprint density at radius 2 is 1.27 bits per heavy atom. The van der Waals surface area contributed by atoms with Gasteiger partial charge >= 0.3 is 6.03 Å². The molecule has 0 saturated carbocycles. The first-order valence-corrected chi connectivity index (χ1v) is 15.3. The van der Waals surface area contributed by atoms with E-state index in [0.717, 1.165) is 44.5 Å². The topological polar surface area (TPSA) is 78.1 Å². The van der Waals surface area contributed by atoms with Gasteiger partial charge in [0.1, 0.15) is 16.8 Å². The predicted octanol–water partition coefficient (Wildman–Crippen LogP) is 7.35. The molecule has 0 spiro atoms. The number of amides is 3. The minimum absolute atomic E-state index is 0.231. The molecule has 1 aromatic heterocycles. The summed E-state index contributed by atoms with van der Waals surface area (Å²) in [6.45, 7) is 2.10. The second kappa shape index (κ2) is 11.5. The van der Waals surface area contributed by atoms with Crippen LogP contribution in [-0.4, -0.2) is 33.4 Å². The van der Waals surface area contributed by atoms with E-state index in [2.05, 4.69) is 83.1 Å². The van der Waals surface area contributed by atoms with Crippen molar-refractivity contribution in [2.75, 3.05) is 6.54 Å². The van der Waals surface area contributed by atoms with Gasteiger partial charge in [-0.15, -0.1) is 0 Å². The number of hydrogen-bond acceptors (Lipinski definition) is 3. The van der Waals surface area contributed by atoms with Gasteiger partial charge in [-0.05, 0) is 52.8 Å². The number of nitrogens with zero attached hydrogens (tertiary/aromatic N) is 2. The average molecular weight is 591 g/mol. The fraction of sp³-hybridized carbons (Fsp3) is 0.154. The molecule has 3 amide bonds. The van der Waals surface area contributed by atoms with Crippen LogP contribution in [0.3, 0.4) is 0 Å². The summed E-state index contributed by atoms with van der Waals surface area (Å²) >= 11 is 0. The Bertz CT molecular complexity index is 1870. The van der Waals surface area contributed by atoms with Gasteiger partial charge in [0.2, 0.25) is 0 Å². The normalized spacial score (nSPS) is 16.7. The summed E-state index contributed by atoms with van der Waals surface area (Å²) in [5.41, 5.74) is 3.29. The molecule has 1 aliphatic heterocycles. The van der Waals surface area contributed by atoms with Gasteiger partial charge in [0, 0.05) is 18.4 Å². The first-order valence-electron chi connectivity index (χ1n) is 15.3. The van der Waals surface area contributed by atoms with Gasteiger partial charge in [0.25, 0.3) is 5.91 Å². The first kappa shape index (κ1) is 28.3. The van der Waals surface area contributed by atoms with Crippen LogP contribution in [0.1, 0.15) is 47.1 Å². The van der Waals surface area contributed by atoms with Gasteiger partial charge in [-0.3, -0.25) is 9.69 Å². The molecule has 7 rings (SSSR count). The number of aryl methyl sites for hydroxylation is 1. The maximum Gasteiger partial charge on any atom is 0.325 e. The number of imidazole rings is 1. The Morgan fingerprint density at radius 1 is 0.711 bits per heavy atom. The van der Waals surface area contributed by atoms with Crippen LogP contribution in [0, 0.1) is 0 Å². The lowest BCUT2D eigenvalue weighted by molar-refractivity contribution is -0.131. The molecule has 6 heteroatoms. The molecule has 1 saturated heterocycles. The molecule has 2 heterocycles. The number of H-pyrrole nitrogens is 1. The predicted molar refractivity (Wildman–Crippen MR) is 177 cm³/mol. The van der Waals surface area contributed by atoms with Crippen molar-refractivity contribution in [3.05, 3.63) is 173 Å². The fourth-order valence-corrected chi connectivity index (χ4v) is 6.82. The lowest BCUT2D eigenvalue weighted by Crippen LogP contribution is -2.41. The van der Waals surface area contributed by atoms with E-state index in [1.54, 1.807) is 6.92 Å². The molecule has 5 aromatic carbocycles. The van der Waals surface area contributed by atoms with E-state index in [9.17, 15) is 9.59 Å². The molecule has 0 radical (unpaired) electrons. The number of nitrogens with one attached hydrogen (secondary N) is 2. The molecule has 2 N–H and O–H groups in total. The van der Waals surface area contributed by atoms with Crippen molar-refractivity contribution in [2.45, 2.75) is 30.7 Å². The molecule has 1 fully saturated rings. The van der Waals surface area contributed by atoms with Crippen molar-refractivity contribution in [3.8, 4) is 0 Å². The second-order valence-electron chi connectivity index (χ2n) is 11.7. The Morgan fingerprint density at radius 3 is 1.89 bits per heavy atom. The third-order valence-electron chi connectivity index (χ3n) is 9.04. The maximum atomic E-state index is 13.8. The minimum Gasteiger partial charge on any atom is -0.345 e. The zero-order valence-electron chi connectivity index (χ0n) is 25.1. The highest BCUT2D eigenvalue weighted by molar-refractivity contribution is 6.09. The number of urea groups is 1. The van der Waals surface area contributed by atoms with Crippen LogP contribution in [0.25, 0.3) is 10.8 Å². The molecule has 6 aromatic rings. The third-order valence-corrected chi connectivity index (χ3v) is 9.04. The van der Waals surface area contributed by atoms with E-state index in [0.29, 0.717) is 19.4 Å². The summed E-state index contributed by atoms with van der Waals surface area (Å²) in [4.78, 5) is 36.9. The van der Waals surface area contributed by atoms with E-state index < -0.39 is 11.0 Å². The molecule has 45 heavy (non-hydrogen) atoms. The molecule has 1 aliphatic rings. The van der Waals surface area contributed by atoms with Crippen molar-refractivity contribution in [1.29, 1.82) is 0 Å². The van der Waals surface area contributed by atoms with Crippen molar-refractivity contribution in [1.82, 2.24) is 20.2 Å². The highest BCUT2D eigenvalue weighted by Crippen LogP contribution is 2.43. The molecular weight excluding hydrogens is 556 g/mol. The Balaban J connectivity index is 1.16. The summed E-state index contributed by atoms with van der Waals surface area (Å²) in [6, 6.07) is 44.8. The monoisotopic (exact) mass is 590 g/mol. The number of benzene rings is 5. The van der Waals surface area contributed by atoms with Gasteiger partial charge in [-0.2, -0.15) is 0 Å². The van der Waals surface area contributed by atoms with Crippen LogP contribution in [0.2, 0.25) is 0 Å². The van der Waals surface area contributed by atoms with Crippen LogP contribution in [0.4, 0.5) is 4.79 Å². The first-order chi connectivity index (χ1) is 22.0. The number of carbonyl (C=O) groups is 2. The molecule has 1 atom stereocenters. The Kier molecular flexibility index (Phi) is 7.26. The lowest BCUT2D eigenvalue weighted by Gasteiger charge is -2.34. The Labute approximate surface area is 262 Å². The zero-order valence-corrected chi connectivity index (χ0v) is 25.1. The minimum atomic E-state index is -1.13. The molecule has 0 aliphatic carbocycles. The summed E-state index contributed by atoms with van der Waals surface area (Å²) in [5.74, 6) is 0.588. The molecular formula is C39H34N4O2. The smallest absolute Gasteiger partial charge is 0.325 e. The van der Waals surface area contributed by atoms with Gasteiger partial charge in [-0.25, -0.2) is 9.78 Å². The summed E-state index contributed by atoms with van der Waals surface area (Å²) in [5, 5.41) is 4.97. The number of hydrogen-bond donors (Lipinski definition) is 2. The number of aromatic amines is 1. The summed E-state index contributed by atoms with van der Waals surface area (Å²) < 4.78 is 0. The molecule has 0 bridgehead atoms. The van der Waals surface area contributed by atoms with Crippen molar-refractivity contribution in [2.24, 2.45) is 0 Å². The van der Waals surface area contributed by atoms with E-state index in [1.807, 2.05) is 66.9 Å². The van der Waals surface area contributed by atoms with Crippen molar-refractivity contribution in [3.63, 3.8) is 0 Å². The maximum absolute atomic E-state index is 13.8. The van der Waals surface area contributed by atoms with E-state index in [4.69, 9.17) is 4.98 Å². The SMILES string of the molecule is CC1(c2cccc3ccccc23)NC(=O)N(CCCc2cnc(C(c3ccccc3)(c3ccccc3)c3ccccc3)[nH]2)C1=O. The fourth-order valence-electron chi connectivity index (χ4n) is 6.82. The third kappa shape index (κ3) is 4.79. The van der Waals surface area contributed by atoms with Crippen molar-refractivity contribution >= 4 is 22.7 Å². The van der Waals surface area contributed by atoms with Crippen LogP contribution >= 0.6 is 0 Å². The van der Waals surface area contributed by atoms with E-state index in [-0.39, 0.29) is 11.9 Å². The highest BCUT2D eigenvalue weighted by Gasteiger charge is 2.49. The van der Waals surface area contributed by atoms with Gasteiger partial charge in [0.15, 0.2) is 0 Å². The largest absolute Gasteiger partial charge is 0.345 e. The number of fused-ring (bicyclic) bond motifs is 1. The molecule has 222 valence electrons. The highest BCUT2D eigenvalue weighted by atomic mass is 16.2. The van der Waals surface area contributed by atoms with E-state index >= 15 is 0 Å². The summed E-state index contributed by atoms with van der Waals surface area (Å²) in [6.07, 6.45) is 3.11. The van der Waals surface area contributed by atoms with Crippen molar-refractivity contribution < 1.29 is 9.59 Å². The number of imide groups is 1. The average Bonchev–Trinajstić information content (AvgIpc) is 3.65. The zero-order chi connectivity index (χ0) is 30.9. The number of aromatic nitrogens is 2. The van der Waals surface area contributed by atoms with Gasteiger partial charge in [-0.1, -0.05) is 133 Å². The molecule has 6 nitrogen and oxygen atoms in total. The van der Waals surface area contributed by atoms with Crippen LogP contribution < -0.4 is 5.32 Å². The standard InChI is InChI=1S/C39H34N4O2/c1-38(34-25-13-16-28-15-11-12-24-33(28)34)36(44)43(37(45)42-38)26-14-23-32-27-40-35(41-32)39(29-17-5-2-6-18-29,30-19-7-3-8-20-30)31-21-9-4-10-22-31/h2-13,15-22,24-25,27H,14,23,26H2,1H3,(H,40,41)(H,42,45). The van der Waals surface area contributed by atoms with Crippen LogP contribution in [-0.2, 0) is 22.2 Å². The van der Waals surface area contributed by atoms with Crippen LogP contribution in [0.5, 0.6) is 0 Å². The quantitative estimate of drug-likeness (QED) is 0.137. The number of rotatable bonds is 9. The second-order valence-corrected chi connectivity index (χ2v) is 11.7. The van der Waals surface area contributed by atoms with Crippen LogP contribution in [0.15, 0.2) is 140 Å².